The molecule has 0 amide bonds. The highest BCUT2D eigenvalue weighted by Gasteiger charge is 2.40. The number of hydrogen-bond acceptors (Lipinski definition) is 8. The maximum absolute atomic E-state index is 13.1. The number of halogens is 1. The lowest BCUT2D eigenvalue weighted by Crippen LogP contribution is -2.17. The second kappa shape index (κ2) is 11.8. The molecule has 1 aromatic heterocycles. The average molecular weight is 534 g/mol. The fourth-order valence-electron chi connectivity index (χ4n) is 4.38. The number of nitrogens with one attached hydrogen (secondary N) is 1. The first-order valence-corrected chi connectivity index (χ1v) is 14.4. The molecule has 1 saturated carbocycles. The second-order valence-corrected chi connectivity index (χ2v) is 11.7. The van der Waals surface area contributed by atoms with E-state index in [4.69, 9.17) is 29.9 Å². The maximum Gasteiger partial charge on any atom is 0.333 e. The lowest BCUT2D eigenvalue weighted by molar-refractivity contribution is 0.212. The molecule has 1 aliphatic carbocycles. The third-order valence-electron chi connectivity index (χ3n) is 5.95. The van der Waals surface area contributed by atoms with Crippen LogP contribution in [-0.4, -0.2) is 41.2 Å². The van der Waals surface area contributed by atoms with Crippen LogP contribution in [0.25, 0.3) is 22.8 Å². The van der Waals surface area contributed by atoms with Crippen molar-refractivity contribution in [1.82, 2.24) is 10.1 Å². The smallest absolute Gasteiger partial charge is 0.333 e. The standard InChI is InChI=1S/C26H33ClN3O5P/c1-5-32-36(31,33-6-2)22-13-12-21(16-22)28-20-10-7-18(8-11-20)26-29-25(30-35-26)19-9-14-24(23(27)15-19)34-17(3)4/h7-11,14-15,17,21-22,28H,5-6,12-13,16H2,1-4H3/t21-,22-/m1/s1. The van der Waals surface area contributed by atoms with E-state index < -0.39 is 7.60 Å². The number of anilines is 1. The molecule has 0 unspecified atom stereocenters. The molecule has 0 saturated heterocycles. The topological polar surface area (TPSA) is 95.7 Å². The van der Waals surface area contributed by atoms with Crippen LogP contribution in [0.1, 0.15) is 47.0 Å². The number of hydrogen-bond donors (Lipinski definition) is 1. The highest BCUT2D eigenvalue weighted by molar-refractivity contribution is 7.54. The van der Waals surface area contributed by atoms with E-state index in [9.17, 15) is 4.57 Å². The molecule has 10 heteroatoms. The van der Waals surface area contributed by atoms with Crippen LogP contribution in [0.3, 0.4) is 0 Å². The third kappa shape index (κ3) is 6.30. The Morgan fingerprint density at radius 3 is 2.42 bits per heavy atom. The van der Waals surface area contributed by atoms with E-state index in [2.05, 4.69) is 15.5 Å². The van der Waals surface area contributed by atoms with Crippen LogP contribution in [0, 0.1) is 0 Å². The van der Waals surface area contributed by atoms with E-state index in [0.717, 1.165) is 36.1 Å². The van der Waals surface area contributed by atoms with Crippen molar-refractivity contribution >= 4 is 24.9 Å². The molecule has 0 bridgehead atoms. The van der Waals surface area contributed by atoms with E-state index in [-0.39, 0.29) is 17.8 Å². The molecular weight excluding hydrogens is 501 g/mol. The molecule has 36 heavy (non-hydrogen) atoms. The summed E-state index contributed by atoms with van der Waals surface area (Å²) in [5.74, 6) is 1.50. The Bertz CT molecular complexity index is 1190. The Morgan fingerprint density at radius 1 is 1.08 bits per heavy atom. The Labute approximate surface area is 217 Å². The van der Waals surface area contributed by atoms with Crippen molar-refractivity contribution in [2.24, 2.45) is 0 Å². The van der Waals surface area contributed by atoms with E-state index >= 15 is 0 Å². The first-order valence-electron chi connectivity index (χ1n) is 12.4. The van der Waals surface area contributed by atoms with Crippen molar-refractivity contribution in [2.45, 2.75) is 64.8 Å². The summed E-state index contributed by atoms with van der Waals surface area (Å²) in [6.45, 7) is 8.36. The molecule has 1 fully saturated rings. The molecule has 3 aromatic rings. The molecule has 1 aliphatic rings. The summed E-state index contributed by atoms with van der Waals surface area (Å²) in [5.41, 5.74) is 2.45. The third-order valence-corrected chi connectivity index (χ3v) is 8.85. The Kier molecular flexibility index (Phi) is 8.73. The summed E-state index contributed by atoms with van der Waals surface area (Å²) in [7, 11) is -3.08. The van der Waals surface area contributed by atoms with Gasteiger partial charge in [0.05, 0.1) is 30.0 Å². The van der Waals surface area contributed by atoms with Gasteiger partial charge in [0.1, 0.15) is 5.75 Å². The van der Waals surface area contributed by atoms with Gasteiger partial charge in [-0.1, -0.05) is 16.8 Å². The van der Waals surface area contributed by atoms with Crippen LogP contribution in [-0.2, 0) is 13.6 Å². The number of benzene rings is 2. The molecule has 0 spiro atoms. The average Bonchev–Trinajstić information content (AvgIpc) is 3.52. The summed E-state index contributed by atoms with van der Waals surface area (Å²) < 4.78 is 35.4. The van der Waals surface area contributed by atoms with Crippen LogP contribution in [0.15, 0.2) is 47.0 Å². The summed E-state index contributed by atoms with van der Waals surface area (Å²) in [4.78, 5) is 4.53. The molecule has 194 valence electrons. The van der Waals surface area contributed by atoms with Crippen molar-refractivity contribution in [1.29, 1.82) is 0 Å². The first kappa shape index (κ1) is 26.7. The normalized spacial score (nSPS) is 18.1. The predicted molar refractivity (Wildman–Crippen MR) is 142 cm³/mol. The Balaban J connectivity index is 1.39. The van der Waals surface area contributed by atoms with Crippen molar-refractivity contribution < 1.29 is 22.9 Å². The highest BCUT2D eigenvalue weighted by Crippen LogP contribution is 2.58. The molecule has 0 radical (unpaired) electrons. The van der Waals surface area contributed by atoms with Gasteiger partial charge < -0.3 is 23.6 Å². The van der Waals surface area contributed by atoms with Gasteiger partial charge in [0.25, 0.3) is 5.89 Å². The van der Waals surface area contributed by atoms with Crippen molar-refractivity contribution in [3.8, 4) is 28.6 Å². The first-order chi connectivity index (χ1) is 17.3. The van der Waals surface area contributed by atoms with Crippen molar-refractivity contribution in [2.75, 3.05) is 18.5 Å². The van der Waals surface area contributed by atoms with Crippen molar-refractivity contribution in [3.05, 3.63) is 47.5 Å². The van der Waals surface area contributed by atoms with E-state index in [0.29, 0.717) is 35.7 Å². The molecule has 1 heterocycles. The van der Waals surface area contributed by atoms with Crippen LogP contribution < -0.4 is 10.1 Å². The van der Waals surface area contributed by atoms with Crippen LogP contribution in [0.4, 0.5) is 5.69 Å². The maximum atomic E-state index is 13.1. The number of aromatic nitrogens is 2. The summed E-state index contributed by atoms with van der Waals surface area (Å²) >= 11 is 6.35. The van der Waals surface area contributed by atoms with Gasteiger partial charge in [0.15, 0.2) is 0 Å². The zero-order valence-electron chi connectivity index (χ0n) is 21.1. The van der Waals surface area contributed by atoms with E-state index in [1.807, 2.05) is 64.1 Å². The zero-order valence-corrected chi connectivity index (χ0v) is 22.7. The molecule has 2 aromatic carbocycles. The number of ether oxygens (including phenoxy) is 1. The van der Waals surface area contributed by atoms with Gasteiger partial charge in [-0.05, 0) is 89.4 Å². The van der Waals surface area contributed by atoms with Gasteiger partial charge in [0.2, 0.25) is 5.82 Å². The fourth-order valence-corrected chi connectivity index (χ4v) is 6.80. The molecule has 2 atom stereocenters. The van der Waals surface area contributed by atoms with Gasteiger partial charge in [-0.2, -0.15) is 4.98 Å². The molecule has 0 aliphatic heterocycles. The largest absolute Gasteiger partial charge is 0.489 e. The van der Waals surface area contributed by atoms with Gasteiger partial charge in [-0.3, -0.25) is 4.57 Å². The minimum Gasteiger partial charge on any atom is -0.489 e. The fraction of sp³-hybridized carbons (Fsp3) is 0.462. The van der Waals surface area contributed by atoms with Gasteiger partial charge in [-0.15, -0.1) is 0 Å². The molecule has 1 N–H and O–H groups in total. The Morgan fingerprint density at radius 2 is 1.78 bits per heavy atom. The lowest BCUT2D eigenvalue weighted by atomic mass is 10.1. The predicted octanol–water partition coefficient (Wildman–Crippen LogP) is 7.44. The lowest BCUT2D eigenvalue weighted by Gasteiger charge is -2.23. The summed E-state index contributed by atoms with van der Waals surface area (Å²) in [6, 6.07) is 13.5. The molecule has 4 rings (SSSR count). The Hall–Kier alpha value is -2.38. The monoisotopic (exact) mass is 533 g/mol. The second-order valence-electron chi connectivity index (χ2n) is 9.00. The SMILES string of the molecule is CCOP(=O)(OCC)[C@@H]1CC[C@@H](Nc2ccc(-c3nc(-c4ccc(OC(C)C)c(Cl)c4)no3)cc2)C1. The summed E-state index contributed by atoms with van der Waals surface area (Å²) in [6.07, 6.45) is 2.50. The highest BCUT2D eigenvalue weighted by atomic mass is 35.5. The van der Waals surface area contributed by atoms with Crippen LogP contribution >= 0.6 is 19.2 Å². The van der Waals surface area contributed by atoms with Gasteiger partial charge >= 0.3 is 7.60 Å². The van der Waals surface area contributed by atoms with Gasteiger partial charge in [0, 0.05) is 22.9 Å². The minimum atomic E-state index is -3.08. The summed E-state index contributed by atoms with van der Waals surface area (Å²) in [5, 5.41) is 8.14. The minimum absolute atomic E-state index is 0.0320. The van der Waals surface area contributed by atoms with Crippen molar-refractivity contribution in [3.63, 3.8) is 0 Å². The van der Waals surface area contributed by atoms with Crippen LogP contribution in [0.5, 0.6) is 5.75 Å². The molecular formula is C26H33ClN3O5P. The van der Waals surface area contributed by atoms with E-state index in [1.54, 1.807) is 6.07 Å². The molecule has 8 nitrogen and oxygen atoms in total. The zero-order chi connectivity index (χ0) is 25.7. The number of rotatable bonds is 11. The van der Waals surface area contributed by atoms with E-state index in [1.165, 1.54) is 0 Å². The quantitative estimate of drug-likeness (QED) is 0.254. The van der Waals surface area contributed by atoms with Gasteiger partial charge in [-0.25, -0.2) is 0 Å². The van der Waals surface area contributed by atoms with Crippen LogP contribution in [0.2, 0.25) is 5.02 Å². The number of nitrogens with zero attached hydrogens (tertiary/aromatic N) is 2.